The standard InChI is InChI=1S/C18H17ClN2O3/c19-14-6-7-17-16(11-14)13(12-20-17)10-18(22)21-24-9-8-23-15-4-2-1-3-5-15/h1-7,11-12,20H,8-10H2,(H,21,22). The van der Waals surface area contributed by atoms with Gasteiger partial charge in [-0.15, -0.1) is 0 Å². The minimum Gasteiger partial charge on any atom is -0.491 e. The van der Waals surface area contributed by atoms with Crippen molar-refractivity contribution in [1.29, 1.82) is 0 Å². The van der Waals surface area contributed by atoms with E-state index in [0.717, 1.165) is 22.2 Å². The number of benzene rings is 2. The molecule has 6 heteroatoms. The number of H-pyrrole nitrogens is 1. The van der Waals surface area contributed by atoms with Crippen molar-refractivity contribution in [3.63, 3.8) is 0 Å². The molecule has 0 fully saturated rings. The van der Waals surface area contributed by atoms with Crippen LogP contribution in [0, 0.1) is 0 Å². The third kappa shape index (κ3) is 4.28. The van der Waals surface area contributed by atoms with Gasteiger partial charge in [-0.25, -0.2) is 5.48 Å². The number of fused-ring (bicyclic) bond motifs is 1. The first-order chi connectivity index (χ1) is 11.7. The van der Waals surface area contributed by atoms with Crippen molar-refractivity contribution < 1.29 is 14.4 Å². The molecule has 2 N–H and O–H groups in total. The Balaban J connectivity index is 1.43. The number of nitrogens with one attached hydrogen (secondary N) is 2. The van der Waals surface area contributed by atoms with Crippen LogP contribution in [0.25, 0.3) is 10.9 Å². The molecule has 0 saturated carbocycles. The Kier molecular flexibility index (Phi) is 5.36. The summed E-state index contributed by atoms with van der Waals surface area (Å²) in [5.41, 5.74) is 4.23. The number of rotatable bonds is 7. The van der Waals surface area contributed by atoms with Crippen LogP contribution in [0.15, 0.2) is 54.7 Å². The van der Waals surface area contributed by atoms with E-state index in [1.807, 2.05) is 42.5 Å². The van der Waals surface area contributed by atoms with Gasteiger partial charge in [-0.3, -0.25) is 9.63 Å². The van der Waals surface area contributed by atoms with Crippen LogP contribution < -0.4 is 10.2 Å². The third-order valence-electron chi connectivity index (χ3n) is 3.46. The van der Waals surface area contributed by atoms with Crippen LogP contribution >= 0.6 is 11.6 Å². The quantitative estimate of drug-likeness (QED) is 0.509. The van der Waals surface area contributed by atoms with Crippen LogP contribution in [0.3, 0.4) is 0 Å². The fraction of sp³-hybridized carbons (Fsp3) is 0.167. The summed E-state index contributed by atoms with van der Waals surface area (Å²) in [4.78, 5) is 20.2. The van der Waals surface area contributed by atoms with E-state index in [1.54, 1.807) is 12.3 Å². The summed E-state index contributed by atoms with van der Waals surface area (Å²) in [5, 5.41) is 1.57. The zero-order valence-corrected chi connectivity index (χ0v) is 13.7. The summed E-state index contributed by atoms with van der Waals surface area (Å²) < 4.78 is 5.47. The molecule has 1 amide bonds. The zero-order chi connectivity index (χ0) is 16.8. The number of carbonyl (C=O) groups excluding carboxylic acids is 1. The molecule has 0 aliphatic carbocycles. The van der Waals surface area contributed by atoms with Crippen LogP contribution in [0.1, 0.15) is 5.56 Å². The van der Waals surface area contributed by atoms with Crippen molar-refractivity contribution in [1.82, 2.24) is 10.5 Å². The van der Waals surface area contributed by atoms with Gasteiger partial charge in [0.25, 0.3) is 0 Å². The maximum Gasteiger partial charge on any atom is 0.248 e. The SMILES string of the molecule is O=C(Cc1c[nH]c2ccc(Cl)cc12)NOCCOc1ccccc1. The lowest BCUT2D eigenvalue weighted by atomic mass is 10.1. The Bertz CT molecular complexity index is 818. The number of ether oxygens (including phenoxy) is 1. The van der Waals surface area contributed by atoms with Gasteiger partial charge >= 0.3 is 0 Å². The molecule has 3 rings (SSSR count). The van der Waals surface area contributed by atoms with E-state index in [4.69, 9.17) is 21.2 Å². The van der Waals surface area contributed by atoms with E-state index in [9.17, 15) is 4.79 Å². The summed E-state index contributed by atoms with van der Waals surface area (Å²) in [7, 11) is 0. The maximum atomic E-state index is 11.9. The van der Waals surface area contributed by atoms with E-state index < -0.39 is 0 Å². The van der Waals surface area contributed by atoms with E-state index in [-0.39, 0.29) is 18.9 Å². The monoisotopic (exact) mass is 344 g/mol. The number of aromatic amines is 1. The number of amides is 1. The molecule has 1 heterocycles. The van der Waals surface area contributed by atoms with Crippen molar-refractivity contribution in [3.05, 3.63) is 65.3 Å². The number of halogens is 1. The lowest BCUT2D eigenvalue weighted by Gasteiger charge is -2.07. The number of hydrogen-bond donors (Lipinski definition) is 2. The number of para-hydroxylation sites is 1. The second-order valence-electron chi connectivity index (χ2n) is 5.22. The molecule has 1 aromatic heterocycles. The van der Waals surface area contributed by atoms with Gasteiger partial charge in [0.2, 0.25) is 5.91 Å². The predicted octanol–water partition coefficient (Wildman–Crippen LogP) is 3.49. The van der Waals surface area contributed by atoms with Gasteiger partial charge in [-0.05, 0) is 35.9 Å². The minimum atomic E-state index is -0.226. The second-order valence-corrected chi connectivity index (χ2v) is 5.65. The van der Waals surface area contributed by atoms with E-state index >= 15 is 0 Å². The molecule has 124 valence electrons. The van der Waals surface area contributed by atoms with Gasteiger partial charge in [0.05, 0.1) is 6.42 Å². The van der Waals surface area contributed by atoms with Gasteiger partial charge in [0, 0.05) is 22.1 Å². The first-order valence-electron chi connectivity index (χ1n) is 7.56. The van der Waals surface area contributed by atoms with E-state index in [1.165, 1.54) is 0 Å². The summed E-state index contributed by atoms with van der Waals surface area (Å²) in [6, 6.07) is 15.0. The third-order valence-corrected chi connectivity index (χ3v) is 3.70. The number of hydrogen-bond acceptors (Lipinski definition) is 3. The Labute approximate surface area is 144 Å². The Morgan fingerprint density at radius 1 is 1.12 bits per heavy atom. The largest absolute Gasteiger partial charge is 0.491 e. The second kappa shape index (κ2) is 7.86. The Morgan fingerprint density at radius 2 is 1.96 bits per heavy atom. The maximum absolute atomic E-state index is 11.9. The molecule has 0 unspecified atom stereocenters. The molecule has 0 saturated heterocycles. The molecule has 0 spiro atoms. The zero-order valence-electron chi connectivity index (χ0n) is 12.9. The minimum absolute atomic E-state index is 0.208. The molecule has 0 bridgehead atoms. The average molecular weight is 345 g/mol. The first-order valence-corrected chi connectivity index (χ1v) is 7.94. The highest BCUT2D eigenvalue weighted by molar-refractivity contribution is 6.31. The molecular formula is C18H17ClN2O3. The lowest BCUT2D eigenvalue weighted by Crippen LogP contribution is -2.27. The topological polar surface area (TPSA) is 63.4 Å². The van der Waals surface area contributed by atoms with Crippen LogP contribution in [0.4, 0.5) is 0 Å². The van der Waals surface area contributed by atoms with Gasteiger partial charge in [0.15, 0.2) is 0 Å². The van der Waals surface area contributed by atoms with Crippen LogP contribution in [0.5, 0.6) is 5.75 Å². The fourth-order valence-corrected chi connectivity index (χ4v) is 2.53. The highest BCUT2D eigenvalue weighted by Gasteiger charge is 2.09. The van der Waals surface area contributed by atoms with Crippen LogP contribution in [-0.2, 0) is 16.1 Å². The van der Waals surface area contributed by atoms with Gasteiger partial charge < -0.3 is 9.72 Å². The van der Waals surface area contributed by atoms with Gasteiger partial charge in [-0.1, -0.05) is 29.8 Å². The summed E-state index contributed by atoms with van der Waals surface area (Å²) in [6.07, 6.45) is 2.01. The van der Waals surface area contributed by atoms with Crippen molar-refractivity contribution >= 4 is 28.4 Å². The normalized spacial score (nSPS) is 10.7. The van der Waals surface area contributed by atoms with Crippen molar-refractivity contribution in [2.24, 2.45) is 0 Å². The molecule has 2 aromatic carbocycles. The molecular weight excluding hydrogens is 328 g/mol. The summed E-state index contributed by atoms with van der Waals surface area (Å²) >= 11 is 6.00. The van der Waals surface area contributed by atoms with E-state index in [0.29, 0.717) is 11.6 Å². The molecule has 0 atom stereocenters. The average Bonchev–Trinajstić information content (AvgIpc) is 2.97. The summed E-state index contributed by atoms with van der Waals surface area (Å²) in [5.74, 6) is 0.540. The van der Waals surface area contributed by atoms with Crippen molar-refractivity contribution in [2.45, 2.75) is 6.42 Å². The molecule has 24 heavy (non-hydrogen) atoms. The Morgan fingerprint density at radius 3 is 2.79 bits per heavy atom. The van der Waals surface area contributed by atoms with Crippen molar-refractivity contribution in [2.75, 3.05) is 13.2 Å². The molecule has 3 aromatic rings. The summed E-state index contributed by atoms with van der Waals surface area (Å²) in [6.45, 7) is 0.618. The Hall–Kier alpha value is -2.50. The highest BCUT2D eigenvalue weighted by atomic mass is 35.5. The number of hydroxylamine groups is 1. The van der Waals surface area contributed by atoms with Crippen molar-refractivity contribution in [3.8, 4) is 5.75 Å². The molecule has 5 nitrogen and oxygen atoms in total. The number of aromatic nitrogens is 1. The van der Waals surface area contributed by atoms with Crippen LogP contribution in [0.2, 0.25) is 5.02 Å². The fourth-order valence-electron chi connectivity index (χ4n) is 2.36. The van der Waals surface area contributed by atoms with Gasteiger partial charge in [-0.2, -0.15) is 0 Å². The molecule has 0 aliphatic heterocycles. The number of carbonyl (C=O) groups is 1. The predicted molar refractivity (Wildman–Crippen MR) is 93.0 cm³/mol. The molecule has 0 aliphatic rings. The first kappa shape index (κ1) is 16.4. The van der Waals surface area contributed by atoms with E-state index in [2.05, 4.69) is 10.5 Å². The van der Waals surface area contributed by atoms with Crippen LogP contribution in [-0.4, -0.2) is 24.1 Å². The smallest absolute Gasteiger partial charge is 0.248 e. The molecule has 0 radical (unpaired) electrons. The van der Waals surface area contributed by atoms with Gasteiger partial charge in [0.1, 0.15) is 19.0 Å². The highest BCUT2D eigenvalue weighted by Crippen LogP contribution is 2.22. The lowest BCUT2D eigenvalue weighted by molar-refractivity contribution is -0.133.